The minimum Gasteiger partial charge on any atom is -0.506 e. The number of aryl methyl sites for hydroxylation is 2. The molecule has 1 aromatic heterocycles. The number of benzene rings is 3. The number of phenols is 2. The molecular formula is C20H16BrN3O2S. The summed E-state index contributed by atoms with van der Waals surface area (Å²) < 4.78 is 2.62. The van der Waals surface area contributed by atoms with Crippen LogP contribution < -0.4 is 0 Å². The Morgan fingerprint density at radius 2 is 1.59 bits per heavy atom. The maximum Gasteiger partial charge on any atom is 0.132 e. The highest BCUT2D eigenvalue weighted by molar-refractivity contribution is 9.10. The van der Waals surface area contributed by atoms with Crippen LogP contribution in [0.15, 0.2) is 62.8 Å². The highest BCUT2D eigenvalue weighted by atomic mass is 79.9. The van der Waals surface area contributed by atoms with E-state index in [2.05, 4.69) is 26.2 Å². The molecule has 5 nitrogen and oxygen atoms in total. The topological polar surface area (TPSA) is 71.2 Å². The number of nitrogens with zero attached hydrogens (tertiary/aromatic N) is 3. The van der Waals surface area contributed by atoms with E-state index in [1.807, 2.05) is 62.4 Å². The molecule has 0 spiro atoms. The quantitative estimate of drug-likeness (QED) is 0.447. The van der Waals surface area contributed by atoms with Crippen LogP contribution in [0.25, 0.3) is 16.7 Å². The van der Waals surface area contributed by atoms with E-state index >= 15 is 0 Å². The van der Waals surface area contributed by atoms with E-state index in [1.165, 1.54) is 11.8 Å². The minimum absolute atomic E-state index is 0.185. The molecular weight excluding hydrogens is 426 g/mol. The highest BCUT2D eigenvalue weighted by Crippen LogP contribution is 2.43. The van der Waals surface area contributed by atoms with Crippen LogP contribution in [-0.4, -0.2) is 25.2 Å². The van der Waals surface area contributed by atoms with Gasteiger partial charge in [0.2, 0.25) is 0 Å². The smallest absolute Gasteiger partial charge is 0.132 e. The molecule has 0 amide bonds. The second-order valence-corrected chi connectivity index (χ2v) is 8.27. The van der Waals surface area contributed by atoms with E-state index in [9.17, 15) is 10.2 Å². The van der Waals surface area contributed by atoms with Crippen molar-refractivity contribution in [3.05, 3.63) is 64.1 Å². The number of aromatic hydroxyl groups is 2. The molecule has 0 fully saturated rings. The van der Waals surface area contributed by atoms with E-state index < -0.39 is 0 Å². The third-order valence-corrected chi connectivity index (χ3v) is 5.82. The van der Waals surface area contributed by atoms with Crippen LogP contribution in [0.2, 0.25) is 0 Å². The minimum atomic E-state index is 0.185. The van der Waals surface area contributed by atoms with Gasteiger partial charge in [-0.2, -0.15) is 0 Å². The molecule has 0 bridgehead atoms. The molecule has 0 aliphatic carbocycles. The number of rotatable bonds is 3. The van der Waals surface area contributed by atoms with Crippen LogP contribution in [0.1, 0.15) is 11.1 Å². The van der Waals surface area contributed by atoms with Gasteiger partial charge in [0.1, 0.15) is 17.0 Å². The second-order valence-electron chi connectivity index (χ2n) is 6.27. The summed E-state index contributed by atoms with van der Waals surface area (Å²) in [6.45, 7) is 3.68. The lowest BCUT2D eigenvalue weighted by Gasteiger charge is -2.13. The molecule has 0 unspecified atom stereocenters. The van der Waals surface area contributed by atoms with Gasteiger partial charge in [0, 0.05) is 4.47 Å². The van der Waals surface area contributed by atoms with Crippen molar-refractivity contribution in [3.8, 4) is 17.2 Å². The molecule has 2 N–H and O–H groups in total. The van der Waals surface area contributed by atoms with Crippen molar-refractivity contribution in [1.29, 1.82) is 0 Å². The standard InChI is InChI=1S/C20H16BrN3O2S/c1-11-7-13(21)9-17(19(11)25)27-18-10-14(8-12(2)20(18)26)24-16-6-4-3-5-15(16)22-23-24/h3-10,25-26H,1-2H3. The maximum absolute atomic E-state index is 10.6. The van der Waals surface area contributed by atoms with Crippen LogP contribution in [0.3, 0.4) is 0 Å². The fourth-order valence-electron chi connectivity index (χ4n) is 2.89. The van der Waals surface area contributed by atoms with E-state index in [0.717, 1.165) is 32.3 Å². The number of halogens is 1. The summed E-state index contributed by atoms with van der Waals surface area (Å²) >= 11 is 4.77. The third kappa shape index (κ3) is 3.28. The monoisotopic (exact) mass is 441 g/mol. The number of hydrogen-bond acceptors (Lipinski definition) is 5. The zero-order valence-electron chi connectivity index (χ0n) is 14.6. The largest absolute Gasteiger partial charge is 0.506 e. The zero-order valence-corrected chi connectivity index (χ0v) is 17.0. The Labute approximate surface area is 168 Å². The average molecular weight is 442 g/mol. The first-order chi connectivity index (χ1) is 12.9. The molecule has 0 atom stereocenters. The van der Waals surface area contributed by atoms with Gasteiger partial charge in [-0.25, -0.2) is 4.68 Å². The van der Waals surface area contributed by atoms with Gasteiger partial charge in [0.25, 0.3) is 0 Å². The van der Waals surface area contributed by atoms with Crippen molar-refractivity contribution in [2.45, 2.75) is 23.6 Å². The van der Waals surface area contributed by atoms with Crippen molar-refractivity contribution >= 4 is 38.7 Å². The van der Waals surface area contributed by atoms with Gasteiger partial charge in [-0.05, 0) is 61.4 Å². The zero-order chi connectivity index (χ0) is 19.1. The summed E-state index contributed by atoms with van der Waals surface area (Å²) in [5, 5.41) is 29.4. The van der Waals surface area contributed by atoms with Gasteiger partial charge >= 0.3 is 0 Å². The fourth-order valence-corrected chi connectivity index (χ4v) is 4.73. The first kappa shape index (κ1) is 17.9. The summed E-state index contributed by atoms with van der Waals surface area (Å²) in [4.78, 5) is 1.30. The summed E-state index contributed by atoms with van der Waals surface area (Å²) in [5.74, 6) is 0.391. The number of phenolic OH excluding ortho intramolecular Hbond substituents is 2. The summed E-state index contributed by atoms with van der Waals surface area (Å²) in [7, 11) is 0. The van der Waals surface area contributed by atoms with E-state index in [4.69, 9.17) is 0 Å². The normalized spacial score (nSPS) is 11.2. The SMILES string of the molecule is Cc1cc(Br)cc(Sc2cc(-n3nnc4ccccc43)cc(C)c2O)c1O. The van der Waals surface area contributed by atoms with Crippen LogP contribution in [0.4, 0.5) is 0 Å². The Morgan fingerprint density at radius 3 is 2.37 bits per heavy atom. The van der Waals surface area contributed by atoms with Crippen molar-refractivity contribution in [1.82, 2.24) is 15.0 Å². The van der Waals surface area contributed by atoms with Gasteiger partial charge in [-0.15, -0.1) is 5.10 Å². The van der Waals surface area contributed by atoms with E-state index in [0.29, 0.717) is 9.79 Å². The predicted molar refractivity (Wildman–Crippen MR) is 110 cm³/mol. The van der Waals surface area contributed by atoms with Crippen LogP contribution in [-0.2, 0) is 0 Å². The lowest BCUT2D eigenvalue weighted by atomic mass is 10.2. The highest BCUT2D eigenvalue weighted by Gasteiger charge is 2.15. The molecule has 27 heavy (non-hydrogen) atoms. The molecule has 3 aromatic carbocycles. The van der Waals surface area contributed by atoms with Crippen LogP contribution in [0, 0.1) is 13.8 Å². The van der Waals surface area contributed by atoms with Crippen molar-refractivity contribution in [3.63, 3.8) is 0 Å². The van der Waals surface area contributed by atoms with E-state index in [1.54, 1.807) is 4.68 Å². The molecule has 0 saturated heterocycles. The number of para-hydroxylation sites is 1. The third-order valence-electron chi connectivity index (χ3n) is 4.30. The maximum atomic E-state index is 10.6. The Morgan fingerprint density at radius 1 is 0.926 bits per heavy atom. The van der Waals surface area contributed by atoms with Crippen LogP contribution in [0.5, 0.6) is 11.5 Å². The van der Waals surface area contributed by atoms with Gasteiger partial charge in [-0.3, -0.25) is 0 Å². The Kier molecular flexibility index (Phi) is 4.57. The van der Waals surface area contributed by atoms with Gasteiger partial charge in [-0.1, -0.05) is 45.0 Å². The Bertz CT molecular complexity index is 1170. The number of fused-ring (bicyclic) bond motifs is 1. The fraction of sp³-hybridized carbons (Fsp3) is 0.100. The molecule has 4 rings (SSSR count). The molecule has 7 heteroatoms. The van der Waals surface area contributed by atoms with Gasteiger partial charge in [0.15, 0.2) is 0 Å². The second kappa shape index (κ2) is 6.90. The Balaban J connectivity index is 1.83. The van der Waals surface area contributed by atoms with Crippen molar-refractivity contribution in [2.24, 2.45) is 0 Å². The molecule has 136 valence electrons. The van der Waals surface area contributed by atoms with Gasteiger partial charge < -0.3 is 10.2 Å². The number of hydrogen-bond donors (Lipinski definition) is 2. The first-order valence-electron chi connectivity index (χ1n) is 8.25. The lowest BCUT2D eigenvalue weighted by molar-refractivity contribution is 0.455. The molecule has 0 radical (unpaired) electrons. The number of aromatic nitrogens is 3. The molecule has 0 saturated carbocycles. The van der Waals surface area contributed by atoms with E-state index in [-0.39, 0.29) is 11.5 Å². The Hall–Kier alpha value is -2.51. The molecule has 0 aliphatic rings. The average Bonchev–Trinajstić information content (AvgIpc) is 3.07. The molecule has 4 aromatic rings. The summed E-state index contributed by atoms with van der Waals surface area (Å²) in [6, 6.07) is 15.1. The first-order valence-corrected chi connectivity index (χ1v) is 9.86. The lowest BCUT2D eigenvalue weighted by Crippen LogP contribution is -1.98. The predicted octanol–water partition coefficient (Wildman–Crippen LogP) is 5.36. The molecule has 1 heterocycles. The van der Waals surface area contributed by atoms with Crippen LogP contribution >= 0.6 is 27.7 Å². The van der Waals surface area contributed by atoms with Crippen molar-refractivity contribution < 1.29 is 10.2 Å². The van der Waals surface area contributed by atoms with Gasteiger partial charge in [0.05, 0.1) is 21.0 Å². The van der Waals surface area contributed by atoms with Crippen molar-refractivity contribution in [2.75, 3.05) is 0 Å². The summed E-state index contributed by atoms with van der Waals surface area (Å²) in [6.07, 6.45) is 0. The summed E-state index contributed by atoms with van der Waals surface area (Å²) in [5.41, 5.74) is 3.98. The molecule has 0 aliphatic heterocycles.